The van der Waals surface area contributed by atoms with Crippen molar-refractivity contribution in [3.05, 3.63) is 53.2 Å². The van der Waals surface area contributed by atoms with E-state index >= 15 is 0 Å². The van der Waals surface area contributed by atoms with Gasteiger partial charge in [0.1, 0.15) is 16.2 Å². The summed E-state index contributed by atoms with van der Waals surface area (Å²) in [6.45, 7) is 5.88. The number of carbonyl (C=O) groups excluding carboxylic acids is 1. The molecule has 1 amide bonds. The van der Waals surface area contributed by atoms with Gasteiger partial charge in [-0.25, -0.2) is 9.97 Å². The fourth-order valence-electron chi connectivity index (χ4n) is 3.93. The second-order valence-electron chi connectivity index (χ2n) is 7.68. The van der Waals surface area contributed by atoms with Gasteiger partial charge in [0.05, 0.1) is 5.25 Å². The van der Waals surface area contributed by atoms with Gasteiger partial charge in [0.25, 0.3) is 0 Å². The minimum absolute atomic E-state index is 0.135. The monoisotopic (exact) mass is 425 g/mol. The Morgan fingerprint density at radius 1 is 1.24 bits per heavy atom. The number of hydrogen-bond acceptors (Lipinski definition) is 5. The van der Waals surface area contributed by atoms with Crippen LogP contribution in [0, 0.1) is 5.92 Å². The maximum Gasteiger partial charge on any atom is 0.235 e. The highest BCUT2D eigenvalue weighted by atomic mass is 32.2. The molecule has 3 heterocycles. The van der Waals surface area contributed by atoms with Crippen LogP contribution in [0.4, 0.5) is 0 Å². The summed E-state index contributed by atoms with van der Waals surface area (Å²) in [6.07, 6.45) is 5.90. The van der Waals surface area contributed by atoms with E-state index < -0.39 is 0 Å². The van der Waals surface area contributed by atoms with Crippen LogP contribution in [-0.4, -0.2) is 39.1 Å². The predicted molar refractivity (Wildman–Crippen MR) is 122 cm³/mol. The molecule has 29 heavy (non-hydrogen) atoms. The Bertz CT molecular complexity index is 965. The Hall–Kier alpha value is -1.92. The highest BCUT2D eigenvalue weighted by Gasteiger charge is 2.27. The fourth-order valence-corrected chi connectivity index (χ4v) is 5.91. The fraction of sp³-hybridized carbons (Fsp3) is 0.435. The molecule has 1 aliphatic rings. The van der Waals surface area contributed by atoms with Crippen molar-refractivity contribution >= 4 is 39.2 Å². The van der Waals surface area contributed by atoms with Crippen molar-refractivity contribution in [2.45, 2.75) is 49.8 Å². The molecule has 0 spiro atoms. The van der Waals surface area contributed by atoms with Crippen LogP contribution in [0.2, 0.25) is 0 Å². The van der Waals surface area contributed by atoms with Crippen molar-refractivity contribution in [1.29, 1.82) is 0 Å². The Morgan fingerprint density at radius 3 is 2.72 bits per heavy atom. The largest absolute Gasteiger partial charge is 0.342 e. The van der Waals surface area contributed by atoms with E-state index in [1.54, 1.807) is 29.4 Å². The van der Waals surface area contributed by atoms with Crippen LogP contribution in [0.15, 0.2) is 47.8 Å². The van der Waals surface area contributed by atoms with Gasteiger partial charge in [-0.3, -0.25) is 4.79 Å². The number of amides is 1. The van der Waals surface area contributed by atoms with E-state index in [1.807, 2.05) is 11.8 Å². The minimum Gasteiger partial charge on any atom is -0.342 e. The van der Waals surface area contributed by atoms with Gasteiger partial charge in [-0.05, 0) is 50.2 Å². The zero-order valence-corrected chi connectivity index (χ0v) is 18.6. The number of rotatable bonds is 6. The van der Waals surface area contributed by atoms with E-state index in [0.717, 1.165) is 54.0 Å². The zero-order chi connectivity index (χ0) is 20.2. The summed E-state index contributed by atoms with van der Waals surface area (Å²) in [6, 6.07) is 12.9. The van der Waals surface area contributed by atoms with Crippen molar-refractivity contribution < 1.29 is 4.79 Å². The second-order valence-corrected chi connectivity index (χ2v) is 10.1. The van der Waals surface area contributed by atoms with Gasteiger partial charge in [0, 0.05) is 23.4 Å². The molecular weight excluding hydrogens is 398 g/mol. The summed E-state index contributed by atoms with van der Waals surface area (Å²) in [5, 5.41) is 1.87. The molecule has 1 aliphatic heterocycles. The average molecular weight is 426 g/mol. The number of thioether (sulfide) groups is 1. The van der Waals surface area contributed by atoms with Gasteiger partial charge in [-0.2, -0.15) is 0 Å². The van der Waals surface area contributed by atoms with Crippen LogP contribution in [0.1, 0.15) is 37.1 Å². The topological polar surface area (TPSA) is 46.1 Å². The third kappa shape index (κ3) is 4.81. The van der Waals surface area contributed by atoms with Crippen molar-refractivity contribution in [2.75, 3.05) is 13.1 Å². The van der Waals surface area contributed by atoms with Crippen LogP contribution in [0.3, 0.4) is 0 Å². The maximum absolute atomic E-state index is 13.0. The average Bonchev–Trinajstić information content (AvgIpc) is 3.19. The van der Waals surface area contributed by atoms with E-state index in [2.05, 4.69) is 53.3 Å². The number of thiophene rings is 1. The molecule has 0 radical (unpaired) electrons. The smallest absolute Gasteiger partial charge is 0.235 e. The maximum atomic E-state index is 13.0. The first-order valence-electron chi connectivity index (χ1n) is 10.4. The first kappa shape index (κ1) is 20.4. The van der Waals surface area contributed by atoms with Crippen molar-refractivity contribution in [3.63, 3.8) is 0 Å². The number of aryl methyl sites for hydroxylation is 1. The number of likely N-dealkylation sites (tertiary alicyclic amines) is 1. The lowest BCUT2D eigenvalue weighted by Crippen LogP contribution is -2.42. The molecule has 0 aliphatic carbocycles. The van der Waals surface area contributed by atoms with Crippen molar-refractivity contribution in [3.8, 4) is 0 Å². The van der Waals surface area contributed by atoms with Gasteiger partial charge in [-0.1, -0.05) is 49.0 Å². The Kier molecular flexibility index (Phi) is 6.50. The summed E-state index contributed by atoms with van der Waals surface area (Å²) in [5.41, 5.74) is 1.40. The third-order valence-corrected chi connectivity index (χ3v) is 7.91. The molecule has 3 aromatic rings. The Morgan fingerprint density at radius 2 is 2.00 bits per heavy atom. The lowest BCUT2D eigenvalue weighted by molar-refractivity contribution is -0.131. The highest BCUT2D eigenvalue weighted by molar-refractivity contribution is 8.00. The second kappa shape index (κ2) is 9.26. The lowest BCUT2D eigenvalue weighted by atomic mass is 9.90. The number of piperidine rings is 1. The molecule has 0 saturated carbocycles. The van der Waals surface area contributed by atoms with Crippen LogP contribution in [0.5, 0.6) is 0 Å². The van der Waals surface area contributed by atoms with E-state index in [-0.39, 0.29) is 11.2 Å². The van der Waals surface area contributed by atoms with E-state index in [4.69, 9.17) is 0 Å². The molecule has 1 atom stereocenters. The number of aromatic nitrogens is 2. The Labute approximate surface area is 180 Å². The molecule has 1 unspecified atom stereocenters. The highest BCUT2D eigenvalue weighted by Crippen LogP contribution is 2.34. The summed E-state index contributed by atoms with van der Waals surface area (Å²) < 4.78 is 0. The molecular formula is C23H27N3OS2. The Balaban J connectivity index is 1.35. The predicted octanol–water partition coefficient (Wildman–Crippen LogP) is 5.22. The normalized spacial score (nSPS) is 16.3. The van der Waals surface area contributed by atoms with Crippen molar-refractivity contribution in [1.82, 2.24) is 14.9 Å². The molecule has 1 fully saturated rings. The van der Waals surface area contributed by atoms with Crippen LogP contribution >= 0.6 is 23.1 Å². The quantitative estimate of drug-likeness (QED) is 0.401. The number of fused-ring (bicyclic) bond motifs is 1. The van der Waals surface area contributed by atoms with Crippen LogP contribution in [-0.2, 0) is 17.6 Å². The number of hydrogen-bond donors (Lipinski definition) is 0. The number of carbonyl (C=O) groups is 1. The molecule has 2 aromatic heterocycles. The molecule has 1 aromatic carbocycles. The number of nitrogens with zero attached hydrogens (tertiary/aromatic N) is 3. The van der Waals surface area contributed by atoms with Crippen LogP contribution in [0.25, 0.3) is 10.2 Å². The van der Waals surface area contributed by atoms with Gasteiger partial charge in [0.2, 0.25) is 5.91 Å². The summed E-state index contributed by atoms with van der Waals surface area (Å²) in [4.78, 5) is 26.3. The van der Waals surface area contributed by atoms with E-state index in [0.29, 0.717) is 5.92 Å². The third-order valence-electron chi connectivity index (χ3n) is 5.62. The number of benzene rings is 1. The van der Waals surface area contributed by atoms with E-state index in [1.165, 1.54) is 10.4 Å². The molecule has 4 nitrogen and oxygen atoms in total. The SMILES string of the molecule is CCc1cc2c(SC(C)C(=O)N3CCC(Cc4ccccc4)CC3)ncnc2s1. The molecule has 1 saturated heterocycles. The van der Waals surface area contributed by atoms with Gasteiger partial charge in [0.15, 0.2) is 0 Å². The summed E-state index contributed by atoms with van der Waals surface area (Å²) in [7, 11) is 0. The van der Waals surface area contributed by atoms with Crippen molar-refractivity contribution in [2.24, 2.45) is 5.92 Å². The van der Waals surface area contributed by atoms with Gasteiger partial charge in [-0.15, -0.1) is 11.3 Å². The standard InChI is InChI=1S/C23H27N3OS2/c1-3-19-14-20-21(24-15-25-22(20)29-19)28-16(2)23(27)26-11-9-18(10-12-26)13-17-7-5-4-6-8-17/h4-8,14-16,18H,3,9-13H2,1-2H3. The first-order valence-corrected chi connectivity index (χ1v) is 12.1. The molecule has 152 valence electrons. The molecule has 0 bridgehead atoms. The molecule has 6 heteroatoms. The molecule has 0 N–H and O–H groups in total. The van der Waals surface area contributed by atoms with Gasteiger partial charge < -0.3 is 4.90 Å². The summed E-state index contributed by atoms with van der Waals surface area (Å²) >= 11 is 3.28. The first-order chi connectivity index (χ1) is 14.1. The zero-order valence-electron chi connectivity index (χ0n) is 17.0. The molecule has 4 rings (SSSR count). The van der Waals surface area contributed by atoms with E-state index in [9.17, 15) is 4.79 Å². The van der Waals surface area contributed by atoms with Gasteiger partial charge >= 0.3 is 0 Å². The van der Waals surface area contributed by atoms with Crippen LogP contribution < -0.4 is 0 Å². The minimum atomic E-state index is -0.135. The lowest BCUT2D eigenvalue weighted by Gasteiger charge is -2.33. The summed E-state index contributed by atoms with van der Waals surface area (Å²) in [5.74, 6) is 0.898.